The maximum Gasteiger partial charge on any atom is 0.253 e. The molecule has 2 aromatic heterocycles. The Balaban J connectivity index is 0.00000306. The van der Waals surface area contributed by atoms with Gasteiger partial charge in [0.1, 0.15) is 5.52 Å². The molecule has 0 atom stereocenters. The van der Waals surface area contributed by atoms with Crippen LogP contribution in [0.1, 0.15) is 25.6 Å². The SMILES string of the molecule is CC(C)S(=O)(=O)c1ccc(-c2cnc3[nH]cc(-c4ccccc4C(=O)N(C)C)c3n2)cc1.[HH]. The van der Waals surface area contributed by atoms with Gasteiger partial charge in [0.05, 0.1) is 22.0 Å². The van der Waals surface area contributed by atoms with E-state index >= 15 is 0 Å². The number of aromatic amines is 1. The maximum absolute atomic E-state index is 12.7. The van der Waals surface area contributed by atoms with Crippen LogP contribution in [-0.4, -0.2) is 53.5 Å². The molecule has 0 radical (unpaired) electrons. The highest BCUT2D eigenvalue weighted by atomic mass is 32.2. The van der Waals surface area contributed by atoms with Gasteiger partial charge >= 0.3 is 0 Å². The first-order chi connectivity index (χ1) is 15.2. The lowest BCUT2D eigenvalue weighted by atomic mass is 10.0. The predicted octanol–water partition coefficient (Wildman–Crippen LogP) is 4.42. The summed E-state index contributed by atoms with van der Waals surface area (Å²) >= 11 is 0. The number of nitrogens with one attached hydrogen (secondary N) is 1. The Labute approximate surface area is 188 Å². The van der Waals surface area contributed by atoms with Crippen molar-refractivity contribution in [2.45, 2.75) is 24.0 Å². The molecule has 0 fully saturated rings. The van der Waals surface area contributed by atoms with Crippen molar-refractivity contribution in [2.24, 2.45) is 0 Å². The van der Waals surface area contributed by atoms with Gasteiger partial charge in [-0.2, -0.15) is 0 Å². The van der Waals surface area contributed by atoms with Crippen molar-refractivity contribution < 1.29 is 14.6 Å². The molecule has 0 aliphatic rings. The number of hydrogen-bond donors (Lipinski definition) is 1. The van der Waals surface area contributed by atoms with Crippen LogP contribution in [0.2, 0.25) is 0 Å². The van der Waals surface area contributed by atoms with E-state index in [0.29, 0.717) is 22.4 Å². The molecule has 1 amide bonds. The Morgan fingerprint density at radius 2 is 1.72 bits per heavy atom. The van der Waals surface area contributed by atoms with Gasteiger partial charge < -0.3 is 9.88 Å². The largest absolute Gasteiger partial charge is 0.345 e. The third-order valence-electron chi connectivity index (χ3n) is 5.33. The molecular formula is C24H26N4O3S. The number of hydrogen-bond acceptors (Lipinski definition) is 5. The van der Waals surface area contributed by atoms with Gasteiger partial charge in [-0.3, -0.25) is 4.79 Å². The molecule has 1 N–H and O–H groups in total. The number of rotatable bonds is 5. The van der Waals surface area contributed by atoms with E-state index in [4.69, 9.17) is 4.98 Å². The highest BCUT2D eigenvalue weighted by Crippen LogP contribution is 2.31. The van der Waals surface area contributed by atoms with Gasteiger partial charge in [0.2, 0.25) is 0 Å². The van der Waals surface area contributed by atoms with Crippen LogP contribution in [0.3, 0.4) is 0 Å². The molecule has 2 aromatic carbocycles. The number of H-pyrrole nitrogens is 1. The molecule has 2 heterocycles. The van der Waals surface area contributed by atoms with Crippen LogP contribution in [0.5, 0.6) is 0 Å². The van der Waals surface area contributed by atoms with Crippen LogP contribution >= 0.6 is 0 Å². The fourth-order valence-electron chi connectivity index (χ4n) is 3.47. The van der Waals surface area contributed by atoms with Crippen LogP contribution < -0.4 is 0 Å². The Morgan fingerprint density at radius 1 is 1.03 bits per heavy atom. The van der Waals surface area contributed by atoms with Crippen LogP contribution in [0, 0.1) is 0 Å². The van der Waals surface area contributed by atoms with Gasteiger partial charge in [0.15, 0.2) is 15.5 Å². The standard InChI is InChI=1S/C24H24N4O3S.H2/c1-15(2)32(30,31)17-11-9-16(10-12-17)21-14-26-23-22(27-21)20(13-25-23)18-7-5-6-8-19(18)24(29)28(3)4;/h5-15H,1-4H3,(H,25,26);1H. The number of carbonyl (C=O) groups excluding carboxylic acids is 1. The van der Waals surface area contributed by atoms with Crippen LogP contribution in [0.15, 0.2) is 65.8 Å². The number of amides is 1. The van der Waals surface area contributed by atoms with Gasteiger partial charge in [-0.1, -0.05) is 30.3 Å². The average Bonchev–Trinajstić information content (AvgIpc) is 3.21. The summed E-state index contributed by atoms with van der Waals surface area (Å²) in [5.74, 6) is -0.0963. The molecule has 32 heavy (non-hydrogen) atoms. The second-order valence-corrected chi connectivity index (χ2v) is 10.5. The fraction of sp³-hybridized carbons (Fsp3) is 0.208. The van der Waals surface area contributed by atoms with Crippen molar-refractivity contribution in [3.05, 3.63) is 66.5 Å². The number of carbonyl (C=O) groups is 1. The van der Waals surface area contributed by atoms with E-state index in [2.05, 4.69) is 9.97 Å². The minimum atomic E-state index is -3.34. The summed E-state index contributed by atoms with van der Waals surface area (Å²) < 4.78 is 24.8. The third kappa shape index (κ3) is 3.78. The molecule has 7 nitrogen and oxygen atoms in total. The first kappa shape index (κ1) is 21.7. The average molecular weight is 451 g/mol. The number of sulfone groups is 1. The van der Waals surface area contributed by atoms with E-state index in [0.717, 1.165) is 16.7 Å². The van der Waals surface area contributed by atoms with Gasteiger partial charge in [0.25, 0.3) is 5.91 Å². The van der Waals surface area contributed by atoms with Crippen molar-refractivity contribution in [1.29, 1.82) is 0 Å². The van der Waals surface area contributed by atoms with E-state index in [-0.39, 0.29) is 12.2 Å². The Hall–Kier alpha value is -3.52. The second-order valence-electron chi connectivity index (χ2n) is 8.02. The zero-order valence-electron chi connectivity index (χ0n) is 18.3. The maximum atomic E-state index is 12.7. The molecule has 0 spiro atoms. The van der Waals surface area contributed by atoms with Gasteiger partial charge in [-0.25, -0.2) is 18.4 Å². The fourth-order valence-corrected chi connectivity index (χ4v) is 4.53. The third-order valence-corrected chi connectivity index (χ3v) is 7.50. The lowest BCUT2D eigenvalue weighted by Crippen LogP contribution is -2.22. The molecule has 0 unspecified atom stereocenters. The molecule has 166 valence electrons. The molecule has 0 aliphatic heterocycles. The topological polar surface area (TPSA) is 96.0 Å². The predicted molar refractivity (Wildman–Crippen MR) is 127 cm³/mol. The molecule has 0 saturated carbocycles. The Kier molecular flexibility index (Phi) is 5.56. The second kappa shape index (κ2) is 8.20. The van der Waals surface area contributed by atoms with Gasteiger partial charge in [-0.05, 0) is 37.6 Å². The lowest BCUT2D eigenvalue weighted by Gasteiger charge is -2.13. The van der Waals surface area contributed by atoms with Crippen LogP contribution in [0.4, 0.5) is 0 Å². The van der Waals surface area contributed by atoms with Crippen molar-refractivity contribution in [1.82, 2.24) is 19.9 Å². The Morgan fingerprint density at radius 3 is 2.38 bits per heavy atom. The molecular weight excluding hydrogens is 424 g/mol. The van der Waals surface area contributed by atoms with Crippen molar-refractivity contribution >= 4 is 26.9 Å². The van der Waals surface area contributed by atoms with Crippen molar-refractivity contribution in [3.63, 3.8) is 0 Å². The number of benzene rings is 2. The summed E-state index contributed by atoms with van der Waals surface area (Å²) in [6, 6.07) is 14.1. The summed E-state index contributed by atoms with van der Waals surface area (Å²) in [5, 5.41) is -0.489. The monoisotopic (exact) mass is 450 g/mol. The number of aromatic nitrogens is 3. The molecule has 0 aliphatic carbocycles. The number of fused-ring (bicyclic) bond motifs is 1. The summed E-state index contributed by atoms with van der Waals surface area (Å²) in [6.07, 6.45) is 3.44. The van der Waals surface area contributed by atoms with E-state index in [1.807, 2.05) is 18.2 Å². The van der Waals surface area contributed by atoms with Crippen molar-refractivity contribution in [2.75, 3.05) is 14.1 Å². The Bertz CT molecular complexity index is 1410. The molecule has 0 bridgehead atoms. The van der Waals surface area contributed by atoms with Gasteiger partial charge in [0, 0.05) is 38.4 Å². The zero-order valence-corrected chi connectivity index (χ0v) is 19.1. The van der Waals surface area contributed by atoms with E-state index in [1.165, 1.54) is 4.90 Å². The minimum absolute atomic E-state index is 0. The lowest BCUT2D eigenvalue weighted by molar-refractivity contribution is 0.0828. The smallest absolute Gasteiger partial charge is 0.253 e. The highest BCUT2D eigenvalue weighted by molar-refractivity contribution is 7.92. The summed E-state index contributed by atoms with van der Waals surface area (Å²) in [7, 11) is 0.0941. The van der Waals surface area contributed by atoms with Crippen molar-refractivity contribution in [3.8, 4) is 22.4 Å². The molecule has 4 aromatic rings. The minimum Gasteiger partial charge on any atom is -0.345 e. The molecule has 8 heteroatoms. The summed E-state index contributed by atoms with van der Waals surface area (Å²) in [4.78, 5) is 26.9. The quantitative estimate of drug-likeness (QED) is 0.485. The molecule has 4 rings (SSSR count). The number of nitrogens with zero attached hydrogens (tertiary/aromatic N) is 3. The summed E-state index contributed by atoms with van der Waals surface area (Å²) in [5.41, 5.74) is 4.74. The van der Waals surface area contributed by atoms with Gasteiger partial charge in [-0.15, -0.1) is 0 Å². The highest BCUT2D eigenvalue weighted by Gasteiger charge is 2.20. The molecule has 0 saturated heterocycles. The first-order valence-electron chi connectivity index (χ1n) is 10.2. The van der Waals surface area contributed by atoms with E-state index in [9.17, 15) is 13.2 Å². The first-order valence-corrected chi connectivity index (χ1v) is 11.7. The van der Waals surface area contributed by atoms with E-state index in [1.54, 1.807) is 70.7 Å². The summed E-state index contributed by atoms with van der Waals surface area (Å²) in [6.45, 7) is 3.32. The van der Waals surface area contributed by atoms with E-state index < -0.39 is 15.1 Å². The zero-order chi connectivity index (χ0) is 23.0. The normalized spacial score (nSPS) is 11.8. The van der Waals surface area contributed by atoms with Crippen LogP contribution in [0.25, 0.3) is 33.5 Å². The van der Waals surface area contributed by atoms with Crippen LogP contribution in [-0.2, 0) is 9.84 Å².